The summed E-state index contributed by atoms with van der Waals surface area (Å²) in [5.74, 6) is 1.72. The quantitative estimate of drug-likeness (QED) is 0.797. The molecule has 132 valence electrons. The van der Waals surface area contributed by atoms with Crippen molar-refractivity contribution in [3.8, 4) is 5.88 Å². The first-order chi connectivity index (χ1) is 11.5. The molecular weight excluding hydrogens is 306 g/mol. The number of likely N-dealkylation sites (N-methyl/N-ethyl adjacent to an activating group) is 1. The molecule has 1 aromatic rings. The Bertz CT molecular complexity index is 594. The predicted molar refractivity (Wildman–Crippen MR) is 92.2 cm³/mol. The molecule has 0 radical (unpaired) electrons. The number of rotatable bonds is 5. The van der Waals surface area contributed by atoms with Gasteiger partial charge < -0.3 is 19.4 Å². The molecular formula is C17H27N5O2. The van der Waals surface area contributed by atoms with Crippen LogP contribution in [0.2, 0.25) is 0 Å². The van der Waals surface area contributed by atoms with Crippen molar-refractivity contribution in [2.24, 2.45) is 5.41 Å². The van der Waals surface area contributed by atoms with Crippen molar-refractivity contribution in [1.82, 2.24) is 19.8 Å². The standard InChI is InChI=1S/C17H27N5O2/c1-20(2)9-10-21-8-6-17(16(21)23)5-4-7-22(12-17)14-11-15(24-3)19-13-18-14/h11,13H,4-10,12H2,1-3H3/t17-/m1/s1. The van der Waals surface area contributed by atoms with E-state index >= 15 is 0 Å². The lowest BCUT2D eigenvalue weighted by atomic mass is 9.78. The molecule has 3 rings (SSSR count). The molecule has 0 aliphatic carbocycles. The van der Waals surface area contributed by atoms with Crippen LogP contribution in [0.15, 0.2) is 12.4 Å². The average molecular weight is 333 g/mol. The molecule has 2 aliphatic rings. The highest BCUT2D eigenvalue weighted by Crippen LogP contribution is 2.41. The van der Waals surface area contributed by atoms with Crippen LogP contribution >= 0.6 is 0 Å². The second kappa shape index (κ2) is 6.93. The fraction of sp³-hybridized carbons (Fsp3) is 0.706. The Labute approximate surface area is 143 Å². The Balaban J connectivity index is 1.72. The van der Waals surface area contributed by atoms with Gasteiger partial charge in [-0.25, -0.2) is 9.97 Å². The van der Waals surface area contributed by atoms with Gasteiger partial charge in [-0.3, -0.25) is 4.79 Å². The van der Waals surface area contributed by atoms with E-state index in [1.807, 2.05) is 25.1 Å². The van der Waals surface area contributed by atoms with Crippen LogP contribution in [0.1, 0.15) is 19.3 Å². The smallest absolute Gasteiger partial charge is 0.230 e. The van der Waals surface area contributed by atoms with Crippen LogP contribution in [0.25, 0.3) is 0 Å². The summed E-state index contributed by atoms with van der Waals surface area (Å²) in [5.41, 5.74) is -0.247. The monoisotopic (exact) mass is 333 g/mol. The molecule has 3 heterocycles. The second-order valence-electron chi connectivity index (χ2n) is 7.07. The molecule has 2 fully saturated rings. The maximum atomic E-state index is 13.0. The third-order valence-corrected chi connectivity index (χ3v) is 5.16. The molecule has 0 unspecified atom stereocenters. The molecule has 0 bridgehead atoms. The first kappa shape index (κ1) is 17.0. The van der Waals surface area contributed by atoms with E-state index in [4.69, 9.17) is 4.74 Å². The number of anilines is 1. The van der Waals surface area contributed by atoms with E-state index < -0.39 is 0 Å². The summed E-state index contributed by atoms with van der Waals surface area (Å²) in [6.45, 7) is 4.26. The van der Waals surface area contributed by atoms with Crippen molar-refractivity contribution in [3.63, 3.8) is 0 Å². The molecule has 2 saturated heterocycles. The Kier molecular flexibility index (Phi) is 4.89. The summed E-state index contributed by atoms with van der Waals surface area (Å²) in [4.78, 5) is 27.8. The molecule has 0 saturated carbocycles. The Hall–Kier alpha value is -1.89. The van der Waals surface area contributed by atoms with Gasteiger partial charge in [0.05, 0.1) is 12.5 Å². The van der Waals surface area contributed by atoms with Gasteiger partial charge in [0.1, 0.15) is 12.1 Å². The minimum atomic E-state index is -0.247. The van der Waals surface area contributed by atoms with Gasteiger partial charge in [-0.15, -0.1) is 0 Å². The number of amides is 1. The van der Waals surface area contributed by atoms with Crippen molar-refractivity contribution in [2.75, 3.05) is 58.8 Å². The van der Waals surface area contributed by atoms with Gasteiger partial charge in [0.2, 0.25) is 11.8 Å². The summed E-state index contributed by atoms with van der Waals surface area (Å²) in [5, 5.41) is 0. The lowest BCUT2D eigenvalue weighted by Crippen LogP contribution is -2.48. The van der Waals surface area contributed by atoms with E-state index in [1.165, 1.54) is 6.33 Å². The highest BCUT2D eigenvalue weighted by atomic mass is 16.5. The Morgan fingerprint density at radius 1 is 1.29 bits per heavy atom. The van der Waals surface area contributed by atoms with Gasteiger partial charge >= 0.3 is 0 Å². The van der Waals surface area contributed by atoms with Gasteiger partial charge in [0.15, 0.2) is 0 Å². The van der Waals surface area contributed by atoms with E-state index in [0.29, 0.717) is 11.8 Å². The fourth-order valence-electron chi connectivity index (χ4n) is 3.75. The highest BCUT2D eigenvalue weighted by Gasteiger charge is 2.48. The molecule has 1 amide bonds. The van der Waals surface area contributed by atoms with E-state index in [0.717, 1.165) is 57.8 Å². The van der Waals surface area contributed by atoms with Crippen LogP contribution < -0.4 is 9.64 Å². The fourth-order valence-corrected chi connectivity index (χ4v) is 3.75. The first-order valence-corrected chi connectivity index (χ1v) is 8.59. The lowest BCUT2D eigenvalue weighted by molar-refractivity contribution is -0.136. The van der Waals surface area contributed by atoms with E-state index in [1.54, 1.807) is 7.11 Å². The number of likely N-dealkylation sites (tertiary alicyclic amines) is 1. The number of ether oxygens (including phenoxy) is 1. The van der Waals surface area contributed by atoms with Crippen LogP contribution in [-0.4, -0.2) is 79.6 Å². The minimum Gasteiger partial charge on any atom is -0.481 e. The van der Waals surface area contributed by atoms with E-state index in [2.05, 4.69) is 19.8 Å². The molecule has 7 heteroatoms. The number of aromatic nitrogens is 2. The van der Waals surface area contributed by atoms with Gasteiger partial charge in [0, 0.05) is 38.8 Å². The normalized spacial score (nSPS) is 24.2. The largest absolute Gasteiger partial charge is 0.481 e. The van der Waals surface area contributed by atoms with Crippen molar-refractivity contribution in [1.29, 1.82) is 0 Å². The molecule has 0 aromatic carbocycles. The summed E-state index contributed by atoms with van der Waals surface area (Å²) >= 11 is 0. The SMILES string of the molecule is COc1cc(N2CCC[C@@]3(CCN(CCN(C)C)C3=O)C2)ncn1. The second-order valence-corrected chi connectivity index (χ2v) is 7.07. The Morgan fingerprint density at radius 2 is 2.12 bits per heavy atom. The number of nitrogens with zero attached hydrogens (tertiary/aromatic N) is 5. The number of carbonyl (C=O) groups excluding carboxylic acids is 1. The van der Waals surface area contributed by atoms with Crippen molar-refractivity contribution in [2.45, 2.75) is 19.3 Å². The molecule has 1 aromatic heterocycles. The zero-order valence-corrected chi connectivity index (χ0v) is 14.9. The minimum absolute atomic E-state index is 0.247. The zero-order chi connectivity index (χ0) is 17.2. The molecule has 1 spiro atoms. The van der Waals surface area contributed by atoms with E-state index in [9.17, 15) is 4.79 Å². The Morgan fingerprint density at radius 3 is 2.88 bits per heavy atom. The summed E-state index contributed by atoms with van der Waals surface area (Å²) < 4.78 is 5.20. The van der Waals surface area contributed by atoms with Crippen LogP contribution in [0.3, 0.4) is 0 Å². The van der Waals surface area contributed by atoms with Gasteiger partial charge in [-0.05, 0) is 33.4 Å². The van der Waals surface area contributed by atoms with Crippen LogP contribution in [-0.2, 0) is 4.79 Å². The highest BCUT2D eigenvalue weighted by molar-refractivity contribution is 5.85. The summed E-state index contributed by atoms with van der Waals surface area (Å²) in [7, 11) is 5.69. The zero-order valence-electron chi connectivity index (χ0n) is 14.9. The summed E-state index contributed by atoms with van der Waals surface area (Å²) in [6, 6.07) is 1.85. The lowest BCUT2D eigenvalue weighted by Gasteiger charge is -2.39. The van der Waals surface area contributed by atoms with Crippen molar-refractivity contribution in [3.05, 3.63) is 12.4 Å². The van der Waals surface area contributed by atoms with Crippen LogP contribution in [0.4, 0.5) is 5.82 Å². The number of carbonyl (C=O) groups is 1. The van der Waals surface area contributed by atoms with E-state index in [-0.39, 0.29) is 5.41 Å². The van der Waals surface area contributed by atoms with Crippen molar-refractivity contribution < 1.29 is 9.53 Å². The maximum absolute atomic E-state index is 13.0. The van der Waals surface area contributed by atoms with Gasteiger partial charge in [-0.1, -0.05) is 0 Å². The van der Waals surface area contributed by atoms with Gasteiger partial charge in [0.25, 0.3) is 0 Å². The van der Waals surface area contributed by atoms with Crippen LogP contribution in [0, 0.1) is 5.41 Å². The number of piperidine rings is 1. The van der Waals surface area contributed by atoms with Gasteiger partial charge in [-0.2, -0.15) is 0 Å². The topological polar surface area (TPSA) is 61.8 Å². The first-order valence-electron chi connectivity index (χ1n) is 8.59. The molecule has 24 heavy (non-hydrogen) atoms. The van der Waals surface area contributed by atoms with Crippen molar-refractivity contribution >= 4 is 11.7 Å². The third-order valence-electron chi connectivity index (χ3n) is 5.16. The van der Waals surface area contributed by atoms with Crippen LogP contribution in [0.5, 0.6) is 5.88 Å². The average Bonchev–Trinajstić information content (AvgIpc) is 2.89. The summed E-state index contributed by atoms with van der Waals surface area (Å²) in [6.07, 6.45) is 4.45. The molecule has 1 atom stereocenters. The predicted octanol–water partition coefficient (Wildman–Crippen LogP) is 0.866. The number of hydrogen-bond acceptors (Lipinski definition) is 6. The molecule has 0 N–H and O–H groups in total. The maximum Gasteiger partial charge on any atom is 0.230 e. The number of hydrogen-bond donors (Lipinski definition) is 0. The molecule has 2 aliphatic heterocycles. The third kappa shape index (κ3) is 3.31. The number of methoxy groups -OCH3 is 1. The molecule has 7 nitrogen and oxygen atoms in total.